The minimum Gasteiger partial charge on any atom is -0.872 e. The van der Waals surface area contributed by atoms with Crippen LogP contribution in [0.1, 0.15) is 0 Å². The fourth-order valence-corrected chi connectivity index (χ4v) is 3.90. The number of nitrogens with one attached hydrogen (secondary N) is 2. The summed E-state index contributed by atoms with van der Waals surface area (Å²) in [7, 11) is -4.45. The molecule has 3 N–H and O–H groups in total. The van der Waals surface area contributed by atoms with Gasteiger partial charge in [-0.3, -0.25) is 4.55 Å². The predicted octanol–water partition coefficient (Wildman–Crippen LogP) is 1.65. The summed E-state index contributed by atoms with van der Waals surface area (Å²) in [5, 5.41) is 18.7. The molecule has 0 aromatic heterocycles. The van der Waals surface area contributed by atoms with Gasteiger partial charge in [0.05, 0.1) is 0 Å². The Morgan fingerprint density at radius 3 is 1.97 bits per heavy atom. The first-order valence-electron chi connectivity index (χ1n) is 8.81. The van der Waals surface area contributed by atoms with Gasteiger partial charge in [0.15, 0.2) is 0 Å². The standard InChI is InChI=1S/C22H18N2O4S.Na/c25-17-11-9-16(10-12-17)23-19-13-14-20(24-15-5-2-1-3-6-15)22-18(19)7-4-8-21(22)29(26,27)28;/h1-14,23-25H,(H,26,27,28);/q;+1/p-1. The molecule has 146 valence electrons. The number of benzene rings is 4. The first-order chi connectivity index (χ1) is 13.9. The van der Waals surface area contributed by atoms with E-state index in [4.69, 9.17) is 0 Å². The molecule has 4 rings (SSSR count). The molecule has 0 aliphatic carbocycles. The molecule has 6 nitrogen and oxygen atoms in total. The molecule has 0 unspecified atom stereocenters. The van der Waals surface area contributed by atoms with E-state index in [-0.39, 0.29) is 40.2 Å². The van der Waals surface area contributed by atoms with E-state index in [1.165, 1.54) is 18.2 Å². The van der Waals surface area contributed by atoms with Gasteiger partial charge in [0.2, 0.25) is 0 Å². The number of anilines is 4. The van der Waals surface area contributed by atoms with Gasteiger partial charge in [0.25, 0.3) is 10.1 Å². The molecule has 0 saturated heterocycles. The van der Waals surface area contributed by atoms with Crippen molar-refractivity contribution < 1.29 is 47.6 Å². The zero-order valence-corrected chi connectivity index (χ0v) is 19.0. The average molecular weight is 428 g/mol. The molecule has 0 atom stereocenters. The van der Waals surface area contributed by atoms with Crippen LogP contribution in [-0.4, -0.2) is 13.0 Å². The van der Waals surface area contributed by atoms with Crippen molar-refractivity contribution in [3.63, 3.8) is 0 Å². The van der Waals surface area contributed by atoms with Gasteiger partial charge in [-0.15, -0.1) is 5.75 Å². The van der Waals surface area contributed by atoms with E-state index in [1.54, 1.807) is 30.3 Å². The molecule has 0 fully saturated rings. The van der Waals surface area contributed by atoms with Crippen molar-refractivity contribution in [1.29, 1.82) is 0 Å². The Kier molecular flexibility index (Phi) is 6.70. The van der Waals surface area contributed by atoms with E-state index < -0.39 is 10.1 Å². The normalized spacial score (nSPS) is 11.0. The minimum absolute atomic E-state index is 0. The van der Waals surface area contributed by atoms with E-state index >= 15 is 0 Å². The quantitative estimate of drug-likeness (QED) is 0.330. The van der Waals surface area contributed by atoms with Crippen LogP contribution in [0.5, 0.6) is 5.75 Å². The largest absolute Gasteiger partial charge is 1.00 e. The van der Waals surface area contributed by atoms with Crippen LogP contribution < -0.4 is 45.3 Å². The number of fused-ring (bicyclic) bond motifs is 1. The predicted molar refractivity (Wildman–Crippen MR) is 113 cm³/mol. The van der Waals surface area contributed by atoms with Gasteiger partial charge >= 0.3 is 29.6 Å². The molecule has 0 aliphatic heterocycles. The van der Waals surface area contributed by atoms with Crippen LogP contribution in [0.25, 0.3) is 10.8 Å². The fraction of sp³-hybridized carbons (Fsp3) is 0. The van der Waals surface area contributed by atoms with Gasteiger partial charge < -0.3 is 15.7 Å². The van der Waals surface area contributed by atoms with Crippen LogP contribution in [0.2, 0.25) is 0 Å². The van der Waals surface area contributed by atoms with E-state index in [1.807, 2.05) is 36.4 Å². The Morgan fingerprint density at radius 2 is 1.30 bits per heavy atom. The van der Waals surface area contributed by atoms with Crippen molar-refractivity contribution >= 4 is 43.6 Å². The zero-order chi connectivity index (χ0) is 20.4. The van der Waals surface area contributed by atoms with Crippen LogP contribution in [0.3, 0.4) is 0 Å². The molecule has 0 radical (unpaired) electrons. The topological polar surface area (TPSA) is 101 Å². The molecule has 0 aliphatic rings. The number of rotatable bonds is 5. The number of hydrogen-bond donors (Lipinski definition) is 3. The van der Waals surface area contributed by atoms with Crippen molar-refractivity contribution in [3.05, 3.63) is 84.9 Å². The van der Waals surface area contributed by atoms with Gasteiger partial charge in [-0.2, -0.15) is 8.42 Å². The van der Waals surface area contributed by atoms with Crippen LogP contribution in [0.15, 0.2) is 89.8 Å². The second-order valence-electron chi connectivity index (χ2n) is 6.45. The smallest absolute Gasteiger partial charge is 0.872 e. The summed E-state index contributed by atoms with van der Waals surface area (Å²) >= 11 is 0. The summed E-state index contributed by atoms with van der Waals surface area (Å²) in [5.74, 6) is -0.100. The Hall–Kier alpha value is -2.55. The van der Waals surface area contributed by atoms with E-state index in [2.05, 4.69) is 10.6 Å². The van der Waals surface area contributed by atoms with Crippen molar-refractivity contribution in [2.24, 2.45) is 0 Å². The molecule has 0 saturated carbocycles. The summed E-state index contributed by atoms with van der Waals surface area (Å²) in [5.41, 5.74) is 2.65. The second-order valence-corrected chi connectivity index (χ2v) is 7.84. The van der Waals surface area contributed by atoms with Gasteiger partial charge in [-0.1, -0.05) is 42.5 Å². The molecule has 4 aromatic carbocycles. The molecule has 0 amide bonds. The summed E-state index contributed by atoms with van der Waals surface area (Å²) in [6.07, 6.45) is 0. The van der Waals surface area contributed by atoms with Gasteiger partial charge in [-0.05, 0) is 42.5 Å². The Morgan fingerprint density at radius 1 is 0.700 bits per heavy atom. The van der Waals surface area contributed by atoms with Gasteiger partial charge in [0.1, 0.15) is 4.90 Å². The van der Waals surface area contributed by atoms with Gasteiger partial charge in [0, 0.05) is 33.5 Å². The summed E-state index contributed by atoms with van der Waals surface area (Å²) in [4.78, 5) is -0.188. The maximum atomic E-state index is 12.0. The molecule has 0 heterocycles. The monoisotopic (exact) mass is 428 g/mol. The van der Waals surface area contributed by atoms with E-state index in [0.29, 0.717) is 27.8 Å². The number of para-hydroxylation sites is 1. The van der Waals surface area contributed by atoms with Gasteiger partial charge in [-0.25, -0.2) is 0 Å². The van der Waals surface area contributed by atoms with Crippen LogP contribution >= 0.6 is 0 Å². The average Bonchev–Trinajstić information content (AvgIpc) is 2.71. The molecule has 0 spiro atoms. The third-order valence-electron chi connectivity index (χ3n) is 4.47. The summed E-state index contributed by atoms with van der Waals surface area (Å²) in [6, 6.07) is 23.8. The molecule has 30 heavy (non-hydrogen) atoms. The maximum Gasteiger partial charge on any atom is 1.00 e. The molecule has 4 aromatic rings. The second kappa shape index (κ2) is 9.07. The SMILES string of the molecule is O=S(=O)(O)c1cccc2c(Nc3ccc([O-])cc3)ccc(Nc3ccccc3)c12.[Na+]. The molecule has 8 heteroatoms. The first-order valence-corrected chi connectivity index (χ1v) is 10.3. The molecule has 0 bridgehead atoms. The van der Waals surface area contributed by atoms with Crippen molar-refractivity contribution in [1.82, 2.24) is 0 Å². The van der Waals surface area contributed by atoms with Crippen LogP contribution in [0.4, 0.5) is 22.7 Å². The fourth-order valence-electron chi connectivity index (χ4n) is 3.17. The summed E-state index contributed by atoms with van der Waals surface area (Å²) < 4.78 is 33.8. The third kappa shape index (κ3) is 4.77. The van der Waals surface area contributed by atoms with Crippen LogP contribution in [0, 0.1) is 0 Å². The molecular formula is C22H17N2NaO4S. The molecular weight excluding hydrogens is 411 g/mol. The third-order valence-corrected chi connectivity index (χ3v) is 5.36. The first kappa shape index (κ1) is 22.1. The minimum atomic E-state index is -4.45. The Bertz CT molecular complexity index is 1280. The Balaban J connectivity index is 0.00000256. The zero-order valence-electron chi connectivity index (χ0n) is 16.2. The van der Waals surface area contributed by atoms with Crippen molar-refractivity contribution in [2.75, 3.05) is 10.6 Å². The van der Waals surface area contributed by atoms with Crippen molar-refractivity contribution in [3.8, 4) is 5.75 Å². The number of hydrogen-bond acceptors (Lipinski definition) is 5. The van der Waals surface area contributed by atoms with Crippen LogP contribution in [-0.2, 0) is 10.1 Å². The summed E-state index contributed by atoms with van der Waals surface area (Å²) in [6.45, 7) is 0. The van der Waals surface area contributed by atoms with E-state index in [0.717, 1.165) is 5.69 Å². The van der Waals surface area contributed by atoms with E-state index in [9.17, 15) is 18.1 Å². The van der Waals surface area contributed by atoms with Crippen molar-refractivity contribution in [2.45, 2.75) is 4.90 Å². The Labute approximate surface area is 196 Å². The maximum absolute atomic E-state index is 12.0.